The van der Waals surface area contributed by atoms with Gasteiger partial charge in [-0.1, -0.05) is 90.4 Å². The van der Waals surface area contributed by atoms with E-state index >= 15 is 0 Å². The molecule has 1 heterocycles. The van der Waals surface area contributed by atoms with Crippen LogP contribution in [0.5, 0.6) is 0 Å². The van der Waals surface area contributed by atoms with Crippen LogP contribution in [0, 0.1) is 16.0 Å². The molecule has 0 N–H and O–H groups in total. The third-order valence-electron chi connectivity index (χ3n) is 6.97. The van der Waals surface area contributed by atoms with Crippen LogP contribution in [0.3, 0.4) is 0 Å². The van der Waals surface area contributed by atoms with Crippen molar-refractivity contribution in [2.24, 2.45) is 5.92 Å². The van der Waals surface area contributed by atoms with E-state index in [2.05, 4.69) is 11.8 Å². The molecule has 2 rings (SSSR count). The van der Waals surface area contributed by atoms with E-state index in [0.717, 1.165) is 32.4 Å². The molecule has 0 radical (unpaired) electrons. The van der Waals surface area contributed by atoms with Gasteiger partial charge in [-0.2, -0.15) is 0 Å². The average Bonchev–Trinajstić information content (AvgIpc) is 2.71. The minimum absolute atomic E-state index is 0.206. The van der Waals surface area contributed by atoms with Gasteiger partial charge in [-0.05, 0) is 31.6 Å². The minimum atomic E-state index is -0.599. The van der Waals surface area contributed by atoms with E-state index in [1.807, 2.05) is 0 Å². The molecule has 0 aromatic carbocycles. The Morgan fingerprint density at radius 3 is 2.20 bits per heavy atom. The highest BCUT2D eigenvalue weighted by molar-refractivity contribution is 4.80. The van der Waals surface area contributed by atoms with Crippen LogP contribution in [-0.4, -0.2) is 42.0 Å². The zero-order valence-electron chi connectivity index (χ0n) is 19.4. The van der Waals surface area contributed by atoms with Gasteiger partial charge in [0.1, 0.15) is 0 Å². The predicted molar refractivity (Wildman–Crippen MR) is 121 cm³/mol. The zero-order chi connectivity index (χ0) is 21.4. The van der Waals surface area contributed by atoms with Crippen LogP contribution in [0.2, 0.25) is 0 Å². The molecule has 0 bridgehead atoms. The summed E-state index contributed by atoms with van der Waals surface area (Å²) >= 11 is 0. The molecule has 0 spiro atoms. The van der Waals surface area contributed by atoms with Gasteiger partial charge in [-0.25, -0.2) is 0 Å². The third-order valence-corrected chi connectivity index (χ3v) is 6.97. The summed E-state index contributed by atoms with van der Waals surface area (Å²) in [4.78, 5) is 18.4. The molecule has 0 aromatic rings. The predicted octanol–water partition coefficient (Wildman–Crippen LogP) is 6.50. The van der Waals surface area contributed by atoms with Gasteiger partial charge in [-0.3, -0.25) is 9.74 Å². The van der Waals surface area contributed by atoms with Gasteiger partial charge in [0, 0.05) is 13.1 Å². The van der Waals surface area contributed by atoms with Crippen molar-refractivity contribution >= 4 is 0 Å². The first-order valence-corrected chi connectivity index (χ1v) is 12.9. The monoisotopic (exact) mass is 426 g/mol. The molecule has 2 aliphatic rings. The van der Waals surface area contributed by atoms with E-state index in [-0.39, 0.29) is 6.10 Å². The molecule has 1 aliphatic heterocycles. The normalized spacial score (nSPS) is 22.9. The standard InChI is InChI=1S/C24H46N2O4/c1-2-3-4-5-6-7-8-12-15-18-24(30-26(27)28)25-19-20-29-23(21-25)22-16-13-10-9-11-14-17-22/h22-24H,2-21H2,1H3. The molecule has 1 aliphatic carbocycles. The Labute approximate surface area is 184 Å². The Morgan fingerprint density at radius 2 is 1.57 bits per heavy atom. The number of ether oxygens (including phenoxy) is 1. The first kappa shape index (κ1) is 25.4. The number of hydrogen-bond acceptors (Lipinski definition) is 5. The Kier molecular flexibility index (Phi) is 13.4. The SMILES string of the molecule is CCCCCCCCCCCC(O[N+](=O)[O-])N1CCOC(C2CCCCCCC2)C1. The maximum atomic E-state index is 11.1. The maximum Gasteiger partial charge on any atom is 0.296 e. The highest BCUT2D eigenvalue weighted by Gasteiger charge is 2.32. The first-order chi connectivity index (χ1) is 14.7. The molecule has 176 valence electrons. The topological polar surface area (TPSA) is 64.8 Å². The van der Waals surface area contributed by atoms with Crippen molar-refractivity contribution in [3.63, 3.8) is 0 Å². The minimum Gasteiger partial charge on any atom is -0.375 e. The van der Waals surface area contributed by atoms with Gasteiger partial charge in [0.05, 0.1) is 12.7 Å². The molecule has 1 saturated heterocycles. The van der Waals surface area contributed by atoms with E-state index in [0.29, 0.717) is 12.5 Å². The smallest absolute Gasteiger partial charge is 0.296 e. The van der Waals surface area contributed by atoms with Crippen molar-refractivity contribution in [1.29, 1.82) is 0 Å². The first-order valence-electron chi connectivity index (χ1n) is 12.9. The molecule has 30 heavy (non-hydrogen) atoms. The van der Waals surface area contributed by atoms with Crippen LogP contribution in [0.4, 0.5) is 0 Å². The zero-order valence-corrected chi connectivity index (χ0v) is 19.4. The van der Waals surface area contributed by atoms with Crippen molar-refractivity contribution in [2.45, 2.75) is 128 Å². The Hall–Kier alpha value is -0.880. The summed E-state index contributed by atoms with van der Waals surface area (Å²) in [5.41, 5.74) is 0. The van der Waals surface area contributed by atoms with E-state index in [4.69, 9.17) is 9.57 Å². The fourth-order valence-electron chi connectivity index (χ4n) is 5.13. The van der Waals surface area contributed by atoms with Gasteiger partial charge >= 0.3 is 0 Å². The second-order valence-electron chi connectivity index (χ2n) is 9.41. The molecular formula is C24H46N2O4. The summed E-state index contributed by atoms with van der Waals surface area (Å²) in [6.07, 6.45) is 20.9. The van der Waals surface area contributed by atoms with Crippen molar-refractivity contribution < 1.29 is 14.7 Å². The van der Waals surface area contributed by atoms with Crippen LogP contribution in [0.1, 0.15) is 116 Å². The highest BCUT2D eigenvalue weighted by Crippen LogP contribution is 2.29. The lowest BCUT2D eigenvalue weighted by Gasteiger charge is -2.40. The summed E-state index contributed by atoms with van der Waals surface area (Å²) in [5, 5.41) is 10.5. The van der Waals surface area contributed by atoms with Gasteiger partial charge in [0.2, 0.25) is 0 Å². The van der Waals surface area contributed by atoms with Crippen LogP contribution < -0.4 is 0 Å². The number of unbranched alkanes of at least 4 members (excludes halogenated alkanes) is 8. The lowest BCUT2D eigenvalue weighted by Crippen LogP contribution is -2.51. The van der Waals surface area contributed by atoms with Crippen molar-refractivity contribution in [3.05, 3.63) is 10.1 Å². The lowest BCUT2D eigenvalue weighted by atomic mass is 9.86. The van der Waals surface area contributed by atoms with Gasteiger partial charge in [0.15, 0.2) is 6.23 Å². The quantitative estimate of drug-likeness (QED) is 0.180. The largest absolute Gasteiger partial charge is 0.375 e. The van der Waals surface area contributed by atoms with Gasteiger partial charge in [-0.15, -0.1) is 10.1 Å². The summed E-state index contributed by atoms with van der Waals surface area (Å²) in [6.45, 7) is 4.42. The Bertz CT molecular complexity index is 441. The highest BCUT2D eigenvalue weighted by atomic mass is 17.0. The molecule has 0 amide bonds. The number of hydrogen-bond donors (Lipinski definition) is 0. The second kappa shape index (κ2) is 15.9. The summed E-state index contributed by atoms with van der Waals surface area (Å²) in [7, 11) is 0. The molecule has 2 fully saturated rings. The van der Waals surface area contributed by atoms with E-state index in [1.165, 1.54) is 89.9 Å². The van der Waals surface area contributed by atoms with Crippen LogP contribution in [-0.2, 0) is 9.57 Å². The molecule has 2 unspecified atom stereocenters. The van der Waals surface area contributed by atoms with E-state index in [1.54, 1.807) is 0 Å². The molecule has 6 heteroatoms. The van der Waals surface area contributed by atoms with E-state index in [9.17, 15) is 10.1 Å². The molecule has 1 saturated carbocycles. The van der Waals surface area contributed by atoms with Crippen molar-refractivity contribution in [3.8, 4) is 0 Å². The summed E-state index contributed by atoms with van der Waals surface area (Å²) < 4.78 is 6.13. The maximum absolute atomic E-state index is 11.1. The average molecular weight is 427 g/mol. The summed E-state index contributed by atoms with van der Waals surface area (Å²) in [5.74, 6) is 0.595. The van der Waals surface area contributed by atoms with Gasteiger partial charge in [0.25, 0.3) is 5.09 Å². The van der Waals surface area contributed by atoms with Crippen LogP contribution >= 0.6 is 0 Å². The second-order valence-corrected chi connectivity index (χ2v) is 9.41. The lowest BCUT2D eigenvalue weighted by molar-refractivity contribution is -0.775. The number of rotatable bonds is 14. The Morgan fingerprint density at radius 1 is 0.967 bits per heavy atom. The van der Waals surface area contributed by atoms with Crippen molar-refractivity contribution in [2.75, 3.05) is 19.7 Å². The van der Waals surface area contributed by atoms with Crippen molar-refractivity contribution in [1.82, 2.24) is 4.90 Å². The number of morpholine rings is 1. The molecule has 0 aromatic heterocycles. The molecular weight excluding hydrogens is 380 g/mol. The van der Waals surface area contributed by atoms with Crippen LogP contribution in [0.25, 0.3) is 0 Å². The fraction of sp³-hybridized carbons (Fsp3) is 1.00. The van der Waals surface area contributed by atoms with E-state index < -0.39 is 11.3 Å². The molecule has 2 atom stereocenters. The fourth-order valence-corrected chi connectivity index (χ4v) is 5.13. The summed E-state index contributed by atoms with van der Waals surface area (Å²) in [6, 6.07) is 0. The number of nitrogens with zero attached hydrogens (tertiary/aromatic N) is 2. The Balaban J connectivity index is 1.72. The van der Waals surface area contributed by atoms with Crippen LogP contribution in [0.15, 0.2) is 0 Å². The molecule has 6 nitrogen and oxygen atoms in total. The van der Waals surface area contributed by atoms with Gasteiger partial charge < -0.3 is 4.74 Å². The third kappa shape index (κ3) is 10.4.